The molecule has 3 rings (SSSR count). The molecule has 0 unspecified atom stereocenters. The van der Waals surface area contributed by atoms with Gasteiger partial charge in [-0.2, -0.15) is 0 Å². The van der Waals surface area contributed by atoms with Crippen LogP contribution in [0.3, 0.4) is 0 Å². The predicted octanol–water partition coefficient (Wildman–Crippen LogP) is 3.39. The number of aromatic nitrogens is 3. The van der Waals surface area contributed by atoms with E-state index < -0.39 is 8.07 Å². The van der Waals surface area contributed by atoms with Gasteiger partial charge in [-0.3, -0.25) is 4.90 Å². The smallest absolute Gasteiger partial charge is 0.191 e. The van der Waals surface area contributed by atoms with E-state index in [1.165, 1.54) is 12.1 Å². The molecule has 1 aliphatic rings. The van der Waals surface area contributed by atoms with Gasteiger partial charge in [0.25, 0.3) is 0 Å². The van der Waals surface area contributed by atoms with Gasteiger partial charge in [0.15, 0.2) is 11.0 Å². The third kappa shape index (κ3) is 5.39. The van der Waals surface area contributed by atoms with Crippen LogP contribution in [0.1, 0.15) is 0 Å². The highest BCUT2D eigenvalue weighted by Crippen LogP contribution is 2.26. The number of ether oxygens (including phenoxy) is 1. The van der Waals surface area contributed by atoms with Crippen LogP contribution >= 0.6 is 11.8 Å². The monoisotopic (exact) mass is 394 g/mol. The Morgan fingerprint density at radius 2 is 1.77 bits per heavy atom. The van der Waals surface area contributed by atoms with Crippen molar-refractivity contribution >= 4 is 19.8 Å². The van der Waals surface area contributed by atoms with Gasteiger partial charge >= 0.3 is 0 Å². The fourth-order valence-corrected chi connectivity index (χ4v) is 5.44. The molecule has 5 nitrogen and oxygen atoms in total. The van der Waals surface area contributed by atoms with Gasteiger partial charge in [-0.25, -0.2) is 4.39 Å². The van der Waals surface area contributed by atoms with Crippen molar-refractivity contribution in [2.24, 2.45) is 0 Å². The van der Waals surface area contributed by atoms with E-state index in [-0.39, 0.29) is 5.82 Å². The standard InChI is InChI=1S/C18H27FN4OSSi/c1-26(2,3)14-25-18-21-20-17(15-4-6-16(19)7-5-15)23(18)9-8-22-10-12-24-13-11-22/h4-7H,8-14H2,1-3H3. The minimum absolute atomic E-state index is 0.235. The first-order valence-electron chi connectivity index (χ1n) is 9.04. The Morgan fingerprint density at radius 3 is 2.42 bits per heavy atom. The summed E-state index contributed by atoms with van der Waals surface area (Å²) in [5.41, 5.74) is 0.903. The number of hydrogen-bond acceptors (Lipinski definition) is 5. The van der Waals surface area contributed by atoms with Gasteiger partial charge in [0.05, 0.1) is 21.3 Å². The first-order valence-corrected chi connectivity index (χ1v) is 13.7. The Hall–Kier alpha value is -1.22. The Morgan fingerprint density at radius 1 is 1.08 bits per heavy atom. The van der Waals surface area contributed by atoms with Crippen LogP contribution in [0.4, 0.5) is 4.39 Å². The second-order valence-electron chi connectivity index (χ2n) is 7.77. The van der Waals surface area contributed by atoms with Crippen molar-refractivity contribution in [3.05, 3.63) is 30.1 Å². The molecular formula is C18H27FN4OSSi. The third-order valence-electron chi connectivity index (χ3n) is 4.20. The van der Waals surface area contributed by atoms with Gasteiger partial charge in [-0.1, -0.05) is 31.4 Å². The summed E-state index contributed by atoms with van der Waals surface area (Å²) in [6, 6.07) is 6.51. The van der Waals surface area contributed by atoms with E-state index in [4.69, 9.17) is 4.74 Å². The maximum atomic E-state index is 13.3. The van der Waals surface area contributed by atoms with Crippen molar-refractivity contribution in [2.45, 2.75) is 31.3 Å². The van der Waals surface area contributed by atoms with Crippen LogP contribution in [0.25, 0.3) is 11.4 Å². The average molecular weight is 395 g/mol. The second-order valence-corrected chi connectivity index (χ2v) is 14.7. The summed E-state index contributed by atoms with van der Waals surface area (Å²) in [4.78, 5) is 2.41. The maximum absolute atomic E-state index is 13.3. The lowest BCUT2D eigenvalue weighted by atomic mass is 10.2. The molecule has 142 valence electrons. The average Bonchev–Trinajstić information content (AvgIpc) is 3.02. The fraction of sp³-hybridized carbons (Fsp3) is 0.556. The molecular weight excluding hydrogens is 367 g/mol. The Bertz CT molecular complexity index is 711. The van der Waals surface area contributed by atoms with Gasteiger partial charge < -0.3 is 9.30 Å². The molecule has 1 aromatic carbocycles. The number of hydrogen-bond donors (Lipinski definition) is 0. The van der Waals surface area contributed by atoms with Crippen LogP contribution in [-0.4, -0.2) is 66.0 Å². The van der Waals surface area contributed by atoms with Crippen molar-refractivity contribution in [3.63, 3.8) is 0 Å². The highest BCUT2D eigenvalue weighted by atomic mass is 32.2. The van der Waals surface area contributed by atoms with E-state index in [0.717, 1.165) is 61.3 Å². The molecule has 0 N–H and O–H groups in total. The molecule has 2 aromatic rings. The zero-order valence-electron chi connectivity index (χ0n) is 15.7. The van der Waals surface area contributed by atoms with E-state index in [0.29, 0.717) is 0 Å². The van der Waals surface area contributed by atoms with Crippen LogP contribution in [0.2, 0.25) is 19.6 Å². The van der Waals surface area contributed by atoms with Gasteiger partial charge in [-0.15, -0.1) is 10.2 Å². The largest absolute Gasteiger partial charge is 0.379 e. The van der Waals surface area contributed by atoms with E-state index in [9.17, 15) is 4.39 Å². The molecule has 26 heavy (non-hydrogen) atoms. The fourth-order valence-electron chi connectivity index (χ4n) is 2.76. The van der Waals surface area contributed by atoms with Gasteiger partial charge in [0.2, 0.25) is 0 Å². The summed E-state index contributed by atoms with van der Waals surface area (Å²) >= 11 is 1.79. The predicted molar refractivity (Wildman–Crippen MR) is 107 cm³/mol. The van der Waals surface area contributed by atoms with Crippen molar-refractivity contribution < 1.29 is 9.13 Å². The van der Waals surface area contributed by atoms with Gasteiger partial charge in [-0.05, 0) is 29.6 Å². The zero-order chi connectivity index (χ0) is 18.6. The minimum Gasteiger partial charge on any atom is -0.379 e. The van der Waals surface area contributed by atoms with Crippen LogP contribution in [0.15, 0.2) is 29.4 Å². The summed E-state index contributed by atoms with van der Waals surface area (Å²) < 4.78 is 20.9. The number of nitrogens with zero attached hydrogens (tertiary/aromatic N) is 4. The molecule has 0 spiro atoms. The maximum Gasteiger partial charge on any atom is 0.191 e. The Labute approximate surface area is 160 Å². The van der Waals surface area contributed by atoms with Crippen LogP contribution in [0.5, 0.6) is 0 Å². The van der Waals surface area contributed by atoms with Gasteiger partial charge in [0.1, 0.15) is 5.82 Å². The Balaban J connectivity index is 1.80. The number of benzene rings is 1. The molecule has 8 heteroatoms. The SMILES string of the molecule is C[Si](C)(C)CSc1nnc(-c2ccc(F)cc2)n1CCN1CCOCC1. The highest BCUT2D eigenvalue weighted by Gasteiger charge is 2.20. The summed E-state index contributed by atoms with van der Waals surface area (Å²) in [5, 5.41) is 10.9. The van der Waals surface area contributed by atoms with Crippen molar-refractivity contribution in [3.8, 4) is 11.4 Å². The first kappa shape index (κ1) is 19.5. The summed E-state index contributed by atoms with van der Waals surface area (Å²) in [5.74, 6) is 0.581. The molecule has 0 radical (unpaired) electrons. The van der Waals surface area contributed by atoms with Crippen LogP contribution in [0, 0.1) is 5.82 Å². The highest BCUT2D eigenvalue weighted by molar-refractivity contribution is 8.00. The van der Waals surface area contributed by atoms with E-state index in [1.54, 1.807) is 23.9 Å². The minimum atomic E-state index is -1.19. The topological polar surface area (TPSA) is 43.2 Å². The number of morpholine rings is 1. The molecule has 0 amide bonds. The van der Waals surface area contributed by atoms with Crippen molar-refractivity contribution in [1.82, 2.24) is 19.7 Å². The lowest BCUT2D eigenvalue weighted by Crippen LogP contribution is -2.38. The number of thioether (sulfide) groups is 1. The molecule has 1 aromatic heterocycles. The normalized spacial score (nSPS) is 16.2. The quantitative estimate of drug-likeness (QED) is 0.532. The van der Waals surface area contributed by atoms with Crippen LogP contribution < -0.4 is 0 Å². The summed E-state index contributed by atoms with van der Waals surface area (Å²) in [6.45, 7) is 12.4. The lowest BCUT2D eigenvalue weighted by molar-refractivity contribution is 0.0361. The molecule has 0 aliphatic carbocycles. The van der Waals surface area contributed by atoms with E-state index >= 15 is 0 Å². The molecule has 1 saturated heterocycles. The van der Waals surface area contributed by atoms with Gasteiger partial charge in [0, 0.05) is 31.7 Å². The number of halogens is 1. The van der Waals surface area contributed by atoms with Crippen molar-refractivity contribution in [2.75, 3.05) is 38.2 Å². The zero-order valence-corrected chi connectivity index (χ0v) is 17.6. The van der Waals surface area contributed by atoms with E-state index in [1.807, 2.05) is 0 Å². The molecule has 0 atom stereocenters. The summed E-state index contributed by atoms with van der Waals surface area (Å²) in [7, 11) is -1.19. The molecule has 1 aliphatic heterocycles. The summed E-state index contributed by atoms with van der Waals surface area (Å²) in [6.07, 6.45) is 0. The van der Waals surface area contributed by atoms with Crippen LogP contribution in [-0.2, 0) is 11.3 Å². The number of rotatable bonds is 7. The Kier molecular flexibility index (Phi) is 6.49. The van der Waals surface area contributed by atoms with Crippen molar-refractivity contribution in [1.29, 1.82) is 0 Å². The lowest BCUT2D eigenvalue weighted by Gasteiger charge is -2.27. The molecule has 1 fully saturated rings. The van der Waals surface area contributed by atoms with E-state index in [2.05, 4.69) is 39.3 Å². The third-order valence-corrected chi connectivity index (χ3v) is 8.80. The molecule has 0 saturated carbocycles. The second kappa shape index (κ2) is 8.64. The first-order chi connectivity index (χ1) is 12.4. The molecule has 2 heterocycles. The molecule has 0 bridgehead atoms.